The van der Waals surface area contributed by atoms with Crippen LogP contribution < -0.4 is 14.2 Å². The van der Waals surface area contributed by atoms with Crippen molar-refractivity contribution in [1.29, 1.82) is 0 Å². The summed E-state index contributed by atoms with van der Waals surface area (Å²) in [5, 5.41) is 10.8. The third-order valence-electron chi connectivity index (χ3n) is 8.03. The van der Waals surface area contributed by atoms with E-state index in [0.29, 0.717) is 53.7 Å². The van der Waals surface area contributed by atoms with Crippen molar-refractivity contribution in [3.8, 4) is 17.2 Å². The number of rotatable bonds is 17. The van der Waals surface area contributed by atoms with E-state index in [2.05, 4.69) is 17.1 Å². The fourth-order valence-corrected chi connectivity index (χ4v) is 5.71. The number of carbonyl (C=O) groups is 1. The van der Waals surface area contributed by atoms with Gasteiger partial charge < -0.3 is 38.4 Å². The molecule has 0 aromatic heterocycles. The lowest BCUT2D eigenvalue weighted by Gasteiger charge is -2.42. The Morgan fingerprint density at radius 2 is 1.52 bits per heavy atom. The second kappa shape index (κ2) is 16.1. The smallest absolute Gasteiger partial charge is 0.336 e. The van der Waals surface area contributed by atoms with Gasteiger partial charge in [-0.25, -0.2) is 9.79 Å². The normalized spacial score (nSPS) is 16.5. The molecule has 10 nitrogen and oxygen atoms in total. The molecule has 3 atom stereocenters. The number of methoxy groups -OCH3 is 4. The lowest BCUT2D eigenvalue weighted by molar-refractivity contribution is -0.211. The lowest BCUT2D eigenvalue weighted by Crippen LogP contribution is -2.52. The lowest BCUT2D eigenvalue weighted by atomic mass is 9.82. The molecular weight excluding hydrogens is 588 g/mol. The molecule has 10 heteroatoms. The summed E-state index contributed by atoms with van der Waals surface area (Å²) < 4.78 is 35.3. The summed E-state index contributed by atoms with van der Waals surface area (Å²) in [6.07, 6.45) is 1.57. The Bertz CT molecular complexity index is 1470. The van der Waals surface area contributed by atoms with Crippen molar-refractivity contribution in [2.45, 2.75) is 50.7 Å². The van der Waals surface area contributed by atoms with E-state index in [1.807, 2.05) is 67.6 Å². The zero-order valence-corrected chi connectivity index (χ0v) is 27.4. The van der Waals surface area contributed by atoms with E-state index in [1.165, 1.54) is 0 Å². The summed E-state index contributed by atoms with van der Waals surface area (Å²) in [6.45, 7) is 1.99. The molecule has 0 spiro atoms. The number of benzene rings is 3. The summed E-state index contributed by atoms with van der Waals surface area (Å²) in [7, 11) is 7.99. The van der Waals surface area contributed by atoms with Crippen LogP contribution in [0, 0.1) is 0 Å². The Labute approximate surface area is 271 Å². The number of hydrogen-bond acceptors (Lipinski definition) is 9. The van der Waals surface area contributed by atoms with Crippen LogP contribution >= 0.6 is 0 Å². The van der Waals surface area contributed by atoms with Crippen molar-refractivity contribution in [2.75, 3.05) is 42.1 Å². The van der Waals surface area contributed by atoms with Gasteiger partial charge in [0.05, 0.1) is 35.0 Å². The molecule has 1 N–H and O–H groups in total. The van der Waals surface area contributed by atoms with Gasteiger partial charge in [-0.15, -0.1) is 0 Å². The minimum absolute atomic E-state index is 0.179. The molecule has 1 aliphatic rings. The number of hydrogen-bond donors (Lipinski definition) is 1. The van der Waals surface area contributed by atoms with Gasteiger partial charge in [-0.1, -0.05) is 60.7 Å². The number of nitrogens with zero attached hydrogens (tertiary/aromatic N) is 2. The second-order valence-corrected chi connectivity index (χ2v) is 11.0. The summed E-state index contributed by atoms with van der Waals surface area (Å²) in [5.74, 6) is 0.892. The molecule has 0 bridgehead atoms. The largest absolute Gasteiger partial charge is 0.493 e. The van der Waals surface area contributed by atoms with Gasteiger partial charge in [0.15, 0.2) is 23.5 Å². The monoisotopic (exact) mass is 632 g/mol. The molecule has 0 saturated heterocycles. The van der Waals surface area contributed by atoms with Crippen LogP contribution in [0.25, 0.3) is 0 Å². The van der Waals surface area contributed by atoms with Gasteiger partial charge >= 0.3 is 5.97 Å². The molecule has 0 aliphatic carbocycles. The fourth-order valence-electron chi connectivity index (χ4n) is 5.71. The van der Waals surface area contributed by atoms with Gasteiger partial charge in [0, 0.05) is 18.8 Å². The van der Waals surface area contributed by atoms with Crippen molar-refractivity contribution >= 4 is 11.7 Å². The maximum Gasteiger partial charge on any atom is 0.336 e. The summed E-state index contributed by atoms with van der Waals surface area (Å²) in [5.41, 5.74) is 2.00. The van der Waals surface area contributed by atoms with E-state index < -0.39 is 24.0 Å². The molecule has 0 amide bonds. The van der Waals surface area contributed by atoms with Crippen LogP contribution in [-0.2, 0) is 37.4 Å². The molecule has 0 radical (unpaired) electrons. The van der Waals surface area contributed by atoms with E-state index >= 15 is 0 Å². The molecule has 4 rings (SSSR count). The van der Waals surface area contributed by atoms with Gasteiger partial charge in [0.1, 0.15) is 5.60 Å². The minimum atomic E-state index is -1.43. The van der Waals surface area contributed by atoms with Crippen LogP contribution in [0.1, 0.15) is 36.5 Å². The van der Waals surface area contributed by atoms with Crippen LogP contribution in [0.15, 0.2) is 89.7 Å². The number of carboxylic acid groups (broad SMARTS) is 1. The Kier molecular flexibility index (Phi) is 12.1. The quantitative estimate of drug-likeness (QED) is 0.196. The van der Waals surface area contributed by atoms with Crippen molar-refractivity contribution in [1.82, 2.24) is 4.90 Å². The highest BCUT2D eigenvalue weighted by Crippen LogP contribution is 2.41. The highest BCUT2D eigenvalue weighted by Gasteiger charge is 2.48. The fraction of sp³-hybridized carbons (Fsp3) is 0.389. The Morgan fingerprint density at radius 1 is 0.891 bits per heavy atom. The third kappa shape index (κ3) is 7.99. The van der Waals surface area contributed by atoms with Crippen molar-refractivity contribution < 1.29 is 38.3 Å². The van der Waals surface area contributed by atoms with E-state index in [4.69, 9.17) is 28.4 Å². The second-order valence-electron chi connectivity index (χ2n) is 11.0. The predicted octanol–water partition coefficient (Wildman–Crippen LogP) is 5.84. The first-order valence-corrected chi connectivity index (χ1v) is 15.2. The summed E-state index contributed by atoms with van der Waals surface area (Å²) in [4.78, 5) is 19.5. The first-order valence-electron chi connectivity index (χ1n) is 15.2. The highest BCUT2D eigenvalue weighted by atomic mass is 16.6. The zero-order valence-electron chi connectivity index (χ0n) is 27.4. The topological polar surface area (TPSA) is 108 Å². The average molecular weight is 633 g/mol. The first-order chi connectivity index (χ1) is 22.3. The van der Waals surface area contributed by atoms with E-state index in [-0.39, 0.29) is 6.61 Å². The number of aryl methyl sites for hydroxylation is 1. The number of ether oxygens (including phenoxy) is 6. The predicted molar refractivity (Wildman–Crippen MR) is 176 cm³/mol. The summed E-state index contributed by atoms with van der Waals surface area (Å²) in [6, 6.07) is 23.3. The van der Waals surface area contributed by atoms with Crippen LogP contribution in [-0.4, -0.2) is 76.2 Å². The highest BCUT2D eigenvalue weighted by molar-refractivity contribution is 5.93. The molecule has 0 saturated carbocycles. The zero-order chi connectivity index (χ0) is 33.1. The average Bonchev–Trinajstić information content (AvgIpc) is 3.08. The molecule has 3 aromatic carbocycles. The van der Waals surface area contributed by atoms with E-state index in [9.17, 15) is 9.90 Å². The van der Waals surface area contributed by atoms with Crippen LogP contribution in [0.2, 0.25) is 0 Å². The molecular formula is C36H44N2O8. The maximum absolute atomic E-state index is 13.3. The van der Waals surface area contributed by atoms with Gasteiger partial charge in [0.25, 0.3) is 0 Å². The van der Waals surface area contributed by atoms with E-state index in [0.717, 1.165) is 17.5 Å². The number of carboxylic acids is 1. The SMILES string of the molecule is COC1=CC(C)=NC(O[C@H](C(=O)O)C(CCCc2ccccc2)(OCCc2cc(OC)c(OC)c(OC)c2)c2ccccc2)N1C. The number of allylic oxidation sites excluding steroid dienone is 1. The van der Waals surface area contributed by atoms with Gasteiger partial charge in [-0.05, 0) is 61.4 Å². The molecule has 3 aromatic rings. The van der Waals surface area contributed by atoms with Gasteiger partial charge in [-0.2, -0.15) is 0 Å². The Morgan fingerprint density at radius 3 is 2.09 bits per heavy atom. The molecule has 46 heavy (non-hydrogen) atoms. The van der Waals surface area contributed by atoms with Crippen LogP contribution in [0.3, 0.4) is 0 Å². The third-order valence-corrected chi connectivity index (χ3v) is 8.03. The molecule has 1 aliphatic heterocycles. The van der Waals surface area contributed by atoms with Crippen molar-refractivity contribution in [2.24, 2.45) is 4.99 Å². The number of aliphatic imine (C=N–C) groups is 1. The van der Waals surface area contributed by atoms with Crippen molar-refractivity contribution in [3.05, 3.63) is 101 Å². The standard InChI is InChI=1S/C36H44N2O8/c1-25-22-31(43-5)38(2)35(37-25)46-33(34(39)40)36(28-17-11-8-12-18-28,20-13-16-26-14-9-7-10-15-26)45-21-19-27-23-29(41-3)32(44-6)30(24-27)42-4/h7-12,14-15,17-18,22-24,33,35H,13,16,19-21H2,1-6H3,(H,39,40)/t33-,35?,36?/m1/s1. The van der Waals surface area contributed by atoms with Crippen LogP contribution in [0.4, 0.5) is 0 Å². The van der Waals surface area contributed by atoms with Gasteiger partial charge in [-0.3, -0.25) is 0 Å². The van der Waals surface area contributed by atoms with Gasteiger partial charge in [0.2, 0.25) is 12.1 Å². The summed E-state index contributed by atoms with van der Waals surface area (Å²) >= 11 is 0. The maximum atomic E-state index is 13.3. The Balaban J connectivity index is 1.73. The van der Waals surface area contributed by atoms with Crippen molar-refractivity contribution in [3.63, 3.8) is 0 Å². The first kappa shape index (κ1) is 34.3. The molecule has 0 fully saturated rings. The molecule has 246 valence electrons. The van der Waals surface area contributed by atoms with E-state index in [1.54, 1.807) is 46.5 Å². The number of aliphatic carboxylic acids is 1. The molecule has 2 unspecified atom stereocenters. The minimum Gasteiger partial charge on any atom is -0.493 e. The molecule has 1 heterocycles. The Hall–Kier alpha value is -4.54. The van der Waals surface area contributed by atoms with Crippen LogP contribution in [0.5, 0.6) is 17.2 Å².